The van der Waals surface area contributed by atoms with Crippen molar-refractivity contribution in [2.45, 2.75) is 6.42 Å². The standard InChI is InChI=1S/C13H12O8P2.4Na.4H/c14-22(15,16)21-23(17,18)20-13-7-3-6-12-10(13)8-9-4-1-2-5-11(9)19-12;;;;;;;;/h1-7H,8H2,(H,17,18)(H2,14,15,16);;;;;;;;/q;4*+1;4*-1. The third kappa shape index (κ3) is 9.16. The van der Waals surface area contributed by atoms with Crippen LogP contribution >= 0.6 is 15.6 Å². The molecule has 130 valence electrons. The number of ether oxygens (including phenoxy) is 1. The molecular formula is C13H16Na4O8P2. The minimum absolute atomic E-state index is 0. The van der Waals surface area contributed by atoms with Crippen LogP contribution in [0.25, 0.3) is 0 Å². The Hall–Kier alpha value is 2.34. The van der Waals surface area contributed by atoms with Gasteiger partial charge in [-0.15, -0.1) is 0 Å². The number of phosphoric acid groups is 2. The predicted molar refractivity (Wildman–Crippen MR) is 83.8 cm³/mol. The van der Waals surface area contributed by atoms with E-state index < -0.39 is 15.6 Å². The molecule has 0 saturated carbocycles. The minimum Gasteiger partial charge on any atom is -1.00 e. The molecule has 0 amide bonds. The molecule has 1 aliphatic heterocycles. The summed E-state index contributed by atoms with van der Waals surface area (Å²) in [5.41, 5.74) is 1.33. The number of phosphoric ester groups is 1. The van der Waals surface area contributed by atoms with Gasteiger partial charge in [-0.25, -0.2) is 9.13 Å². The average molecular weight is 454 g/mol. The summed E-state index contributed by atoms with van der Waals surface area (Å²) < 4.78 is 36.7. The predicted octanol–water partition coefficient (Wildman–Crippen LogP) is -8.56. The third-order valence-corrected chi connectivity index (χ3v) is 5.18. The molecular weight excluding hydrogens is 438 g/mol. The van der Waals surface area contributed by atoms with E-state index in [4.69, 9.17) is 19.0 Å². The van der Waals surface area contributed by atoms with Crippen molar-refractivity contribution in [1.29, 1.82) is 0 Å². The van der Waals surface area contributed by atoms with E-state index in [0.717, 1.165) is 5.56 Å². The number of rotatable bonds is 4. The first-order chi connectivity index (χ1) is 10.7. The number of hydrogen-bond acceptors (Lipinski definition) is 5. The second-order valence-corrected chi connectivity index (χ2v) is 7.51. The molecule has 1 heterocycles. The molecule has 8 nitrogen and oxygen atoms in total. The summed E-state index contributed by atoms with van der Waals surface area (Å²) in [6.07, 6.45) is 0.373. The Kier molecular flexibility index (Phi) is 15.2. The Morgan fingerprint density at radius 3 is 2.11 bits per heavy atom. The topological polar surface area (TPSA) is 123 Å². The quantitative estimate of drug-likeness (QED) is 0.263. The number of hydrogen-bond donors (Lipinski definition) is 3. The van der Waals surface area contributed by atoms with Crippen molar-refractivity contribution >= 4 is 15.6 Å². The zero-order chi connectivity index (χ0) is 16.7. The van der Waals surface area contributed by atoms with Gasteiger partial charge in [0.2, 0.25) is 0 Å². The second-order valence-electron chi connectivity index (χ2n) is 4.75. The van der Waals surface area contributed by atoms with E-state index in [1.807, 2.05) is 18.2 Å². The largest absolute Gasteiger partial charge is 1.00 e. The molecule has 0 saturated heterocycles. The fraction of sp³-hybridized carbons (Fsp3) is 0.0769. The molecule has 1 unspecified atom stereocenters. The van der Waals surface area contributed by atoms with Crippen molar-refractivity contribution in [2.24, 2.45) is 0 Å². The minimum atomic E-state index is -5.18. The molecule has 2 aromatic rings. The van der Waals surface area contributed by atoms with Gasteiger partial charge in [0, 0.05) is 12.0 Å². The summed E-state index contributed by atoms with van der Waals surface area (Å²) in [5, 5.41) is 0. The molecule has 1 atom stereocenters. The summed E-state index contributed by atoms with van der Waals surface area (Å²) in [5.74, 6) is 1.05. The van der Waals surface area contributed by atoms with Gasteiger partial charge in [-0.3, -0.25) is 4.89 Å². The summed E-state index contributed by atoms with van der Waals surface area (Å²) in [6, 6.07) is 11.8. The van der Waals surface area contributed by atoms with Gasteiger partial charge in [-0.2, -0.15) is 4.31 Å². The summed E-state index contributed by atoms with van der Waals surface area (Å²) in [4.78, 5) is 26.8. The Labute approximate surface area is 250 Å². The van der Waals surface area contributed by atoms with Crippen LogP contribution in [-0.2, 0) is 19.9 Å². The van der Waals surface area contributed by atoms with Gasteiger partial charge in [-0.1, -0.05) is 24.3 Å². The molecule has 2 aromatic carbocycles. The Balaban J connectivity index is -0.000000195. The maximum absolute atomic E-state index is 11.7. The van der Waals surface area contributed by atoms with E-state index in [1.165, 1.54) is 12.1 Å². The third-order valence-electron chi connectivity index (χ3n) is 3.07. The molecule has 0 bridgehead atoms. The molecule has 1 aliphatic rings. The maximum atomic E-state index is 11.7. The first kappa shape index (κ1) is 31.5. The van der Waals surface area contributed by atoms with Crippen LogP contribution in [0.5, 0.6) is 17.2 Å². The van der Waals surface area contributed by atoms with Crippen molar-refractivity contribution < 1.29 is 161 Å². The van der Waals surface area contributed by atoms with Crippen molar-refractivity contribution in [1.82, 2.24) is 0 Å². The van der Waals surface area contributed by atoms with Crippen LogP contribution in [0.2, 0.25) is 0 Å². The number of para-hydroxylation sites is 1. The van der Waals surface area contributed by atoms with Crippen molar-refractivity contribution in [3.05, 3.63) is 53.6 Å². The van der Waals surface area contributed by atoms with Crippen LogP contribution in [0.1, 0.15) is 16.8 Å². The van der Waals surface area contributed by atoms with Crippen LogP contribution < -0.4 is 127 Å². The van der Waals surface area contributed by atoms with E-state index in [-0.39, 0.29) is 130 Å². The molecule has 0 spiro atoms. The second kappa shape index (κ2) is 13.0. The van der Waals surface area contributed by atoms with E-state index in [9.17, 15) is 14.0 Å². The van der Waals surface area contributed by atoms with E-state index in [0.29, 0.717) is 23.5 Å². The molecule has 3 rings (SSSR count). The molecule has 0 aromatic heterocycles. The summed E-state index contributed by atoms with van der Waals surface area (Å²) in [7, 11) is -10.2. The van der Waals surface area contributed by atoms with E-state index >= 15 is 0 Å². The van der Waals surface area contributed by atoms with Gasteiger partial charge >= 0.3 is 134 Å². The zero-order valence-electron chi connectivity index (χ0n) is 19.5. The van der Waals surface area contributed by atoms with Crippen molar-refractivity contribution in [3.8, 4) is 17.2 Å². The van der Waals surface area contributed by atoms with Gasteiger partial charge < -0.3 is 24.8 Å². The van der Waals surface area contributed by atoms with Crippen molar-refractivity contribution in [2.75, 3.05) is 0 Å². The molecule has 3 N–H and O–H groups in total. The van der Waals surface area contributed by atoms with Crippen LogP contribution in [0.15, 0.2) is 42.5 Å². The van der Waals surface area contributed by atoms with E-state index in [2.05, 4.69) is 4.31 Å². The summed E-state index contributed by atoms with van der Waals surface area (Å²) >= 11 is 0. The van der Waals surface area contributed by atoms with Crippen LogP contribution in [-0.4, -0.2) is 14.7 Å². The monoisotopic (exact) mass is 454 g/mol. The first-order valence-electron chi connectivity index (χ1n) is 6.40. The average Bonchev–Trinajstić information content (AvgIpc) is 2.42. The molecule has 27 heavy (non-hydrogen) atoms. The number of fused-ring (bicyclic) bond motifs is 2. The Morgan fingerprint density at radius 2 is 1.48 bits per heavy atom. The Morgan fingerprint density at radius 1 is 0.889 bits per heavy atom. The summed E-state index contributed by atoms with van der Waals surface area (Å²) in [6.45, 7) is 0. The Bertz CT molecular complexity index is 877. The van der Waals surface area contributed by atoms with Crippen LogP contribution in [0.3, 0.4) is 0 Å². The normalized spacial score (nSPS) is 13.4. The molecule has 0 radical (unpaired) electrons. The van der Waals surface area contributed by atoms with Gasteiger partial charge in [0.15, 0.2) is 0 Å². The fourth-order valence-electron chi connectivity index (χ4n) is 2.23. The van der Waals surface area contributed by atoms with Gasteiger partial charge in [-0.05, 0) is 23.8 Å². The van der Waals surface area contributed by atoms with Crippen molar-refractivity contribution in [3.63, 3.8) is 0 Å². The van der Waals surface area contributed by atoms with E-state index in [1.54, 1.807) is 12.1 Å². The molecule has 14 heteroatoms. The maximum Gasteiger partial charge on any atom is 1.00 e. The fourth-order valence-corrected chi connectivity index (χ4v) is 3.86. The van der Waals surface area contributed by atoms with Gasteiger partial charge in [0.05, 0.1) is 0 Å². The molecule has 0 fully saturated rings. The van der Waals surface area contributed by atoms with Crippen LogP contribution in [0.4, 0.5) is 0 Å². The number of benzene rings is 2. The van der Waals surface area contributed by atoms with Gasteiger partial charge in [0.25, 0.3) is 0 Å². The molecule has 0 aliphatic carbocycles. The zero-order valence-corrected chi connectivity index (χ0v) is 25.3. The smallest absolute Gasteiger partial charge is 1.00 e. The SMILES string of the molecule is O=P(O)(O)OP(=O)(O)Oc1cccc2c1Cc1ccccc1O2.[H-].[H-].[H-].[H-].[Na+].[Na+].[Na+].[Na+]. The van der Waals surface area contributed by atoms with Gasteiger partial charge in [0.1, 0.15) is 17.2 Å². The first-order valence-corrected chi connectivity index (χ1v) is 9.43. The van der Waals surface area contributed by atoms with Crippen LogP contribution in [0, 0.1) is 0 Å².